The number of hydrogen-bond donors (Lipinski definition) is 3. The second-order valence-electron chi connectivity index (χ2n) is 2.55. The van der Waals surface area contributed by atoms with Crippen molar-refractivity contribution >= 4 is 23.9 Å². The standard InChI is InChI=1S/C6H14N2O2.C2H3ClO/c7-4-2-1-3-5(8)6(9)10;3-1-2-4/h5H,1-4,7-8H2,(H,9,10);2H,1H2. The minimum absolute atomic E-state index is 0.111. The molecule has 0 radical (unpaired) electrons. The topological polar surface area (TPSA) is 106 Å². The number of aldehydes is 1. The number of carboxylic acid groups (broad SMARTS) is 1. The SMILES string of the molecule is NCCCCC(N)C(=O)O.O=CCCl. The number of aliphatic carboxylic acids is 1. The zero-order valence-electron chi connectivity index (χ0n) is 7.99. The van der Waals surface area contributed by atoms with E-state index in [1.165, 1.54) is 0 Å². The van der Waals surface area contributed by atoms with Gasteiger partial charge in [-0.05, 0) is 19.4 Å². The average molecular weight is 225 g/mol. The minimum Gasteiger partial charge on any atom is -0.480 e. The lowest BCUT2D eigenvalue weighted by atomic mass is 10.1. The van der Waals surface area contributed by atoms with Gasteiger partial charge in [-0.25, -0.2) is 0 Å². The van der Waals surface area contributed by atoms with Gasteiger partial charge in [0.15, 0.2) is 0 Å². The molecule has 0 fully saturated rings. The molecule has 0 aromatic carbocycles. The number of hydrogen-bond acceptors (Lipinski definition) is 4. The Balaban J connectivity index is 0. The van der Waals surface area contributed by atoms with E-state index in [4.69, 9.17) is 33.0 Å². The van der Waals surface area contributed by atoms with Crippen molar-refractivity contribution in [1.82, 2.24) is 0 Å². The van der Waals surface area contributed by atoms with Gasteiger partial charge in [-0.1, -0.05) is 6.42 Å². The molecule has 5 nitrogen and oxygen atoms in total. The zero-order chi connectivity index (χ0) is 11.4. The molecule has 0 heterocycles. The van der Waals surface area contributed by atoms with Crippen LogP contribution in [0.2, 0.25) is 0 Å². The molecule has 0 aromatic heterocycles. The van der Waals surface area contributed by atoms with E-state index in [1.54, 1.807) is 0 Å². The van der Waals surface area contributed by atoms with Crippen molar-refractivity contribution in [2.24, 2.45) is 11.5 Å². The molecular formula is C8H17ClN2O3. The van der Waals surface area contributed by atoms with Gasteiger partial charge < -0.3 is 21.4 Å². The fraction of sp³-hybridized carbons (Fsp3) is 0.750. The van der Waals surface area contributed by atoms with Crippen LogP contribution in [0, 0.1) is 0 Å². The summed E-state index contributed by atoms with van der Waals surface area (Å²) < 4.78 is 0. The van der Waals surface area contributed by atoms with Crippen LogP contribution in [-0.4, -0.2) is 35.8 Å². The van der Waals surface area contributed by atoms with E-state index < -0.39 is 12.0 Å². The number of unbranched alkanes of at least 4 members (excludes halogenated alkanes) is 1. The van der Waals surface area contributed by atoms with Crippen molar-refractivity contribution in [2.75, 3.05) is 12.4 Å². The summed E-state index contributed by atoms with van der Waals surface area (Å²) in [6.45, 7) is 0.604. The first kappa shape index (κ1) is 15.8. The lowest BCUT2D eigenvalue weighted by Gasteiger charge is -2.03. The van der Waals surface area contributed by atoms with E-state index in [0.717, 1.165) is 12.8 Å². The third-order valence-corrected chi connectivity index (χ3v) is 1.48. The maximum Gasteiger partial charge on any atom is 0.320 e. The lowest BCUT2D eigenvalue weighted by Crippen LogP contribution is -2.29. The maximum absolute atomic E-state index is 10.1. The molecule has 84 valence electrons. The molecule has 0 saturated carbocycles. The predicted octanol–water partition coefficient (Wildman–Crippen LogP) is -0.0486. The Morgan fingerprint density at radius 2 is 2.00 bits per heavy atom. The van der Waals surface area contributed by atoms with Crippen molar-refractivity contribution < 1.29 is 14.7 Å². The Morgan fingerprint density at radius 3 is 2.29 bits per heavy atom. The Hall–Kier alpha value is -0.650. The lowest BCUT2D eigenvalue weighted by molar-refractivity contribution is -0.138. The quantitative estimate of drug-likeness (QED) is 0.333. The van der Waals surface area contributed by atoms with E-state index in [0.29, 0.717) is 19.3 Å². The number of carboxylic acids is 1. The predicted molar refractivity (Wildman–Crippen MR) is 55.3 cm³/mol. The van der Waals surface area contributed by atoms with Crippen LogP contribution in [-0.2, 0) is 9.59 Å². The highest BCUT2D eigenvalue weighted by Crippen LogP contribution is 1.96. The minimum atomic E-state index is -0.933. The van der Waals surface area contributed by atoms with Crippen LogP contribution in [0.4, 0.5) is 0 Å². The number of carbonyl (C=O) groups is 2. The van der Waals surface area contributed by atoms with Crippen LogP contribution in [0.25, 0.3) is 0 Å². The second kappa shape index (κ2) is 12.3. The van der Waals surface area contributed by atoms with Gasteiger partial charge in [0.1, 0.15) is 12.3 Å². The Kier molecular flexibility index (Phi) is 13.9. The van der Waals surface area contributed by atoms with E-state index in [-0.39, 0.29) is 5.88 Å². The van der Waals surface area contributed by atoms with Gasteiger partial charge in [-0.15, -0.1) is 11.6 Å². The summed E-state index contributed by atoms with van der Waals surface area (Å²) in [7, 11) is 0. The zero-order valence-corrected chi connectivity index (χ0v) is 8.74. The van der Waals surface area contributed by atoms with Gasteiger partial charge in [-0.3, -0.25) is 4.79 Å². The molecule has 0 aromatic rings. The molecule has 1 atom stereocenters. The number of halogens is 1. The highest BCUT2D eigenvalue weighted by molar-refractivity contribution is 6.24. The third kappa shape index (κ3) is 13.9. The largest absolute Gasteiger partial charge is 0.480 e. The van der Waals surface area contributed by atoms with Crippen LogP contribution in [0.3, 0.4) is 0 Å². The smallest absolute Gasteiger partial charge is 0.320 e. The van der Waals surface area contributed by atoms with E-state index in [1.807, 2.05) is 0 Å². The molecule has 1 unspecified atom stereocenters. The fourth-order valence-corrected chi connectivity index (χ4v) is 0.632. The number of alkyl halides is 1. The number of nitrogens with two attached hydrogens (primary N) is 2. The van der Waals surface area contributed by atoms with Crippen molar-refractivity contribution in [3.63, 3.8) is 0 Å². The van der Waals surface area contributed by atoms with Gasteiger partial charge in [0.2, 0.25) is 0 Å². The summed E-state index contributed by atoms with van der Waals surface area (Å²) in [6.07, 6.45) is 2.80. The van der Waals surface area contributed by atoms with Crippen molar-refractivity contribution in [3.8, 4) is 0 Å². The van der Waals surface area contributed by atoms with Gasteiger partial charge >= 0.3 is 5.97 Å². The average Bonchev–Trinajstić information content (AvgIpc) is 2.18. The highest BCUT2D eigenvalue weighted by atomic mass is 35.5. The molecule has 0 rings (SSSR count). The summed E-state index contributed by atoms with van der Waals surface area (Å²) in [5.41, 5.74) is 10.4. The van der Waals surface area contributed by atoms with Crippen molar-refractivity contribution in [2.45, 2.75) is 25.3 Å². The number of carbonyl (C=O) groups excluding carboxylic acids is 1. The van der Waals surface area contributed by atoms with Crippen molar-refractivity contribution in [1.29, 1.82) is 0 Å². The van der Waals surface area contributed by atoms with Gasteiger partial charge in [0, 0.05) is 0 Å². The molecule has 0 spiro atoms. The molecule has 0 aliphatic carbocycles. The van der Waals surface area contributed by atoms with E-state index >= 15 is 0 Å². The van der Waals surface area contributed by atoms with Gasteiger partial charge in [0.05, 0.1) is 5.88 Å². The summed E-state index contributed by atoms with van der Waals surface area (Å²) in [6, 6.07) is -0.716. The molecule has 14 heavy (non-hydrogen) atoms. The Morgan fingerprint density at radius 1 is 1.50 bits per heavy atom. The first-order valence-electron chi connectivity index (χ1n) is 4.28. The Labute approximate surface area is 88.4 Å². The summed E-state index contributed by atoms with van der Waals surface area (Å²) >= 11 is 4.82. The van der Waals surface area contributed by atoms with Crippen LogP contribution >= 0.6 is 11.6 Å². The maximum atomic E-state index is 10.1. The highest BCUT2D eigenvalue weighted by Gasteiger charge is 2.09. The fourth-order valence-electron chi connectivity index (χ4n) is 0.632. The normalized spacial score (nSPS) is 11.1. The number of rotatable bonds is 6. The monoisotopic (exact) mass is 224 g/mol. The summed E-state index contributed by atoms with van der Waals surface area (Å²) in [5, 5.41) is 8.33. The van der Waals surface area contributed by atoms with Crippen LogP contribution in [0.5, 0.6) is 0 Å². The second-order valence-corrected chi connectivity index (χ2v) is 2.86. The first-order chi connectivity index (χ1) is 6.59. The molecule has 6 heteroatoms. The molecule has 0 aliphatic heterocycles. The van der Waals surface area contributed by atoms with Gasteiger partial charge in [0.25, 0.3) is 0 Å². The van der Waals surface area contributed by atoms with Crippen LogP contribution in [0.1, 0.15) is 19.3 Å². The Bertz CT molecular complexity index is 156. The van der Waals surface area contributed by atoms with E-state index in [9.17, 15) is 4.79 Å². The molecule has 0 aliphatic rings. The summed E-state index contributed by atoms with van der Waals surface area (Å²) in [4.78, 5) is 19.2. The van der Waals surface area contributed by atoms with Crippen molar-refractivity contribution in [3.05, 3.63) is 0 Å². The molecule has 0 bridgehead atoms. The molecule has 5 N–H and O–H groups in total. The third-order valence-electron chi connectivity index (χ3n) is 1.35. The summed E-state index contributed by atoms with van der Waals surface area (Å²) in [5.74, 6) is -0.822. The van der Waals surface area contributed by atoms with Crippen LogP contribution in [0.15, 0.2) is 0 Å². The first-order valence-corrected chi connectivity index (χ1v) is 4.81. The molecular weight excluding hydrogens is 208 g/mol. The molecule has 0 saturated heterocycles. The van der Waals surface area contributed by atoms with Crippen LogP contribution < -0.4 is 11.5 Å². The van der Waals surface area contributed by atoms with Gasteiger partial charge in [-0.2, -0.15) is 0 Å². The van der Waals surface area contributed by atoms with E-state index in [2.05, 4.69) is 0 Å². The molecule has 0 amide bonds.